The second kappa shape index (κ2) is 4.98. The standard InChI is InChI=1S/C13H21NO3/c1-9(15)6-5-7-14-11(16)8-10(12(14)17)13(2,3)4/h10H,5-8H2,1-4H3. The van der Waals surface area contributed by atoms with Crippen LogP contribution in [0.5, 0.6) is 0 Å². The van der Waals surface area contributed by atoms with Gasteiger partial charge < -0.3 is 4.79 Å². The number of Topliss-reactive ketones (excluding diaryl/α,β-unsaturated/α-hetero) is 1. The van der Waals surface area contributed by atoms with Crippen LogP contribution in [-0.4, -0.2) is 29.0 Å². The first-order valence-corrected chi connectivity index (χ1v) is 6.07. The summed E-state index contributed by atoms with van der Waals surface area (Å²) in [6, 6.07) is 0. The zero-order valence-electron chi connectivity index (χ0n) is 11.1. The Hall–Kier alpha value is -1.19. The van der Waals surface area contributed by atoms with E-state index in [1.807, 2.05) is 20.8 Å². The van der Waals surface area contributed by atoms with Crippen molar-refractivity contribution in [3.05, 3.63) is 0 Å². The summed E-state index contributed by atoms with van der Waals surface area (Å²) in [6.45, 7) is 7.82. The summed E-state index contributed by atoms with van der Waals surface area (Å²) in [5, 5.41) is 0. The van der Waals surface area contributed by atoms with Gasteiger partial charge in [-0.2, -0.15) is 0 Å². The van der Waals surface area contributed by atoms with Gasteiger partial charge in [0.05, 0.1) is 5.92 Å². The van der Waals surface area contributed by atoms with Crippen LogP contribution in [0.15, 0.2) is 0 Å². The van der Waals surface area contributed by atoms with E-state index in [1.165, 1.54) is 11.8 Å². The van der Waals surface area contributed by atoms with Crippen LogP contribution in [0, 0.1) is 11.3 Å². The molecule has 1 aliphatic heterocycles. The molecule has 0 spiro atoms. The molecule has 1 atom stereocenters. The average molecular weight is 239 g/mol. The van der Waals surface area contributed by atoms with E-state index in [0.29, 0.717) is 25.8 Å². The molecule has 0 aromatic rings. The highest BCUT2D eigenvalue weighted by molar-refractivity contribution is 6.03. The average Bonchev–Trinajstić information content (AvgIpc) is 2.43. The van der Waals surface area contributed by atoms with Crippen LogP contribution in [0.4, 0.5) is 0 Å². The minimum atomic E-state index is -0.215. The number of likely N-dealkylation sites (tertiary alicyclic amines) is 1. The van der Waals surface area contributed by atoms with Crippen molar-refractivity contribution in [1.29, 1.82) is 0 Å². The Balaban J connectivity index is 2.60. The summed E-state index contributed by atoms with van der Waals surface area (Å²) in [5.41, 5.74) is -0.179. The Morgan fingerprint density at radius 3 is 2.35 bits per heavy atom. The van der Waals surface area contributed by atoms with Crippen molar-refractivity contribution in [2.24, 2.45) is 11.3 Å². The minimum absolute atomic E-state index is 0.0777. The van der Waals surface area contributed by atoms with Gasteiger partial charge in [0.2, 0.25) is 11.8 Å². The van der Waals surface area contributed by atoms with Gasteiger partial charge in [0.15, 0.2) is 0 Å². The maximum atomic E-state index is 12.1. The molecule has 0 bridgehead atoms. The molecule has 17 heavy (non-hydrogen) atoms. The Morgan fingerprint density at radius 1 is 1.35 bits per heavy atom. The van der Waals surface area contributed by atoms with Gasteiger partial charge in [0, 0.05) is 19.4 Å². The molecule has 0 radical (unpaired) electrons. The molecule has 0 saturated carbocycles. The van der Waals surface area contributed by atoms with E-state index in [1.54, 1.807) is 0 Å². The zero-order chi connectivity index (χ0) is 13.2. The molecule has 1 unspecified atom stereocenters. The largest absolute Gasteiger partial charge is 0.300 e. The Labute approximate surface area is 102 Å². The van der Waals surface area contributed by atoms with Gasteiger partial charge in [-0.1, -0.05) is 20.8 Å². The highest BCUT2D eigenvalue weighted by Crippen LogP contribution is 2.35. The van der Waals surface area contributed by atoms with E-state index >= 15 is 0 Å². The Morgan fingerprint density at radius 2 is 1.94 bits per heavy atom. The zero-order valence-corrected chi connectivity index (χ0v) is 11.1. The fraction of sp³-hybridized carbons (Fsp3) is 0.769. The summed E-state index contributed by atoms with van der Waals surface area (Å²) < 4.78 is 0. The third-order valence-electron chi connectivity index (χ3n) is 3.20. The van der Waals surface area contributed by atoms with Crippen LogP contribution in [0.2, 0.25) is 0 Å². The van der Waals surface area contributed by atoms with Gasteiger partial charge in [-0.15, -0.1) is 0 Å². The second-order valence-corrected chi connectivity index (χ2v) is 5.81. The number of ketones is 1. The van der Waals surface area contributed by atoms with Gasteiger partial charge in [0.25, 0.3) is 0 Å². The second-order valence-electron chi connectivity index (χ2n) is 5.81. The van der Waals surface area contributed by atoms with Crippen molar-refractivity contribution in [1.82, 2.24) is 4.90 Å². The van der Waals surface area contributed by atoms with E-state index in [4.69, 9.17) is 0 Å². The summed E-state index contributed by atoms with van der Waals surface area (Å²) in [4.78, 5) is 35.9. The predicted molar refractivity (Wildman–Crippen MR) is 64.2 cm³/mol. The van der Waals surface area contributed by atoms with Crippen molar-refractivity contribution < 1.29 is 14.4 Å². The quantitative estimate of drug-likeness (QED) is 0.703. The topological polar surface area (TPSA) is 54.5 Å². The minimum Gasteiger partial charge on any atom is -0.300 e. The van der Waals surface area contributed by atoms with Crippen molar-refractivity contribution in [3.8, 4) is 0 Å². The molecule has 4 nitrogen and oxygen atoms in total. The van der Waals surface area contributed by atoms with Crippen LogP contribution >= 0.6 is 0 Å². The first-order valence-electron chi connectivity index (χ1n) is 6.07. The molecular weight excluding hydrogens is 218 g/mol. The van der Waals surface area contributed by atoms with Crippen LogP contribution in [0.25, 0.3) is 0 Å². The van der Waals surface area contributed by atoms with E-state index in [-0.39, 0.29) is 28.9 Å². The summed E-state index contributed by atoms with van der Waals surface area (Å²) in [5.74, 6) is -0.298. The molecule has 1 saturated heterocycles. The van der Waals surface area contributed by atoms with Crippen LogP contribution in [-0.2, 0) is 14.4 Å². The fourth-order valence-corrected chi connectivity index (χ4v) is 2.08. The highest BCUT2D eigenvalue weighted by Gasteiger charge is 2.44. The molecule has 0 aromatic heterocycles. The molecule has 1 rings (SSSR count). The van der Waals surface area contributed by atoms with Crippen LogP contribution in [0.3, 0.4) is 0 Å². The van der Waals surface area contributed by atoms with Gasteiger partial charge in [-0.3, -0.25) is 14.5 Å². The van der Waals surface area contributed by atoms with Crippen molar-refractivity contribution in [3.63, 3.8) is 0 Å². The van der Waals surface area contributed by atoms with Gasteiger partial charge in [0.1, 0.15) is 5.78 Å². The van der Waals surface area contributed by atoms with Crippen molar-refractivity contribution >= 4 is 17.6 Å². The monoisotopic (exact) mass is 239 g/mol. The van der Waals surface area contributed by atoms with Crippen molar-refractivity contribution in [2.45, 2.75) is 47.0 Å². The number of hydrogen-bond acceptors (Lipinski definition) is 3. The van der Waals surface area contributed by atoms with E-state index < -0.39 is 0 Å². The lowest BCUT2D eigenvalue weighted by molar-refractivity contribution is -0.140. The number of amides is 2. The summed E-state index contributed by atoms with van der Waals surface area (Å²) in [6.07, 6.45) is 1.31. The molecule has 96 valence electrons. The van der Waals surface area contributed by atoms with Gasteiger partial charge >= 0.3 is 0 Å². The number of carbonyl (C=O) groups excluding carboxylic acids is 3. The normalized spacial score (nSPS) is 21.2. The highest BCUT2D eigenvalue weighted by atomic mass is 16.2. The number of hydrogen-bond donors (Lipinski definition) is 0. The van der Waals surface area contributed by atoms with E-state index in [9.17, 15) is 14.4 Å². The smallest absolute Gasteiger partial charge is 0.233 e. The third-order valence-corrected chi connectivity index (χ3v) is 3.20. The lowest BCUT2D eigenvalue weighted by atomic mass is 9.80. The van der Waals surface area contributed by atoms with E-state index in [0.717, 1.165) is 0 Å². The molecule has 1 heterocycles. The molecule has 1 aliphatic rings. The lowest BCUT2D eigenvalue weighted by Crippen LogP contribution is -2.34. The van der Waals surface area contributed by atoms with Crippen LogP contribution in [0.1, 0.15) is 47.0 Å². The summed E-state index contributed by atoms with van der Waals surface area (Å²) >= 11 is 0. The SMILES string of the molecule is CC(=O)CCCN1C(=O)CC(C(C)(C)C)C1=O. The molecule has 0 aromatic carbocycles. The number of nitrogens with zero attached hydrogens (tertiary/aromatic N) is 1. The number of carbonyl (C=O) groups is 3. The van der Waals surface area contributed by atoms with E-state index in [2.05, 4.69) is 0 Å². The first kappa shape index (κ1) is 13.9. The Bertz CT molecular complexity index is 341. The molecular formula is C13H21NO3. The molecule has 2 amide bonds. The summed E-state index contributed by atoms with van der Waals surface area (Å²) in [7, 11) is 0. The molecule has 4 heteroatoms. The van der Waals surface area contributed by atoms with Crippen LogP contribution < -0.4 is 0 Å². The fourth-order valence-electron chi connectivity index (χ4n) is 2.08. The van der Waals surface area contributed by atoms with Gasteiger partial charge in [-0.05, 0) is 18.8 Å². The maximum Gasteiger partial charge on any atom is 0.233 e. The number of rotatable bonds is 4. The predicted octanol–water partition coefficient (Wildman–Crippen LogP) is 1.78. The lowest BCUT2D eigenvalue weighted by Gasteiger charge is -2.24. The molecule has 0 aliphatic carbocycles. The van der Waals surface area contributed by atoms with Crippen molar-refractivity contribution in [2.75, 3.05) is 6.54 Å². The molecule has 1 fully saturated rings. The number of imide groups is 1. The Kier molecular flexibility index (Phi) is 4.07. The maximum absolute atomic E-state index is 12.1. The van der Waals surface area contributed by atoms with Gasteiger partial charge in [-0.25, -0.2) is 0 Å². The third kappa shape index (κ3) is 3.38. The molecule has 0 N–H and O–H groups in total. The first-order chi connectivity index (χ1) is 7.73.